The van der Waals surface area contributed by atoms with E-state index in [1.807, 2.05) is 24.3 Å². The van der Waals surface area contributed by atoms with E-state index in [0.29, 0.717) is 6.04 Å². The highest BCUT2D eigenvalue weighted by Gasteiger charge is 2.16. The number of hydrogen-bond donors (Lipinski definition) is 3. The molecule has 1 aromatic carbocycles. The minimum absolute atomic E-state index is 0.0825. The third-order valence-corrected chi connectivity index (χ3v) is 3.77. The van der Waals surface area contributed by atoms with Crippen LogP contribution in [0.15, 0.2) is 24.3 Å². The van der Waals surface area contributed by atoms with Gasteiger partial charge in [0.1, 0.15) is 0 Å². The summed E-state index contributed by atoms with van der Waals surface area (Å²) in [6.07, 6.45) is 5.95. The first-order valence-electron chi connectivity index (χ1n) is 7.65. The summed E-state index contributed by atoms with van der Waals surface area (Å²) in [6.45, 7) is 3.77. The van der Waals surface area contributed by atoms with Gasteiger partial charge in [0.05, 0.1) is 0 Å². The highest BCUT2D eigenvalue weighted by molar-refractivity contribution is 5.90. The smallest absolute Gasteiger partial charge is 0.319 e. The maximum absolute atomic E-state index is 12.1. The van der Waals surface area contributed by atoms with Gasteiger partial charge in [-0.1, -0.05) is 44.4 Å². The Morgan fingerprint density at radius 2 is 1.95 bits per heavy atom. The van der Waals surface area contributed by atoms with Gasteiger partial charge in [-0.3, -0.25) is 0 Å². The second-order valence-corrected chi connectivity index (χ2v) is 5.37. The SMILES string of the molecule is CCNCc1ccccc1NC(=O)NC1CCCCC1. The van der Waals surface area contributed by atoms with E-state index in [2.05, 4.69) is 22.9 Å². The molecule has 1 aliphatic rings. The molecule has 1 saturated carbocycles. The second-order valence-electron chi connectivity index (χ2n) is 5.37. The van der Waals surface area contributed by atoms with Crippen molar-refractivity contribution in [3.05, 3.63) is 29.8 Å². The van der Waals surface area contributed by atoms with Gasteiger partial charge in [-0.15, -0.1) is 0 Å². The summed E-state index contributed by atoms with van der Waals surface area (Å²) in [5.74, 6) is 0. The molecule has 2 rings (SSSR count). The Morgan fingerprint density at radius 1 is 1.20 bits per heavy atom. The predicted molar refractivity (Wildman–Crippen MR) is 82.9 cm³/mol. The molecule has 20 heavy (non-hydrogen) atoms. The second kappa shape index (κ2) is 7.90. The number of hydrogen-bond acceptors (Lipinski definition) is 2. The van der Waals surface area contributed by atoms with Crippen molar-refractivity contribution in [3.63, 3.8) is 0 Å². The van der Waals surface area contributed by atoms with E-state index in [-0.39, 0.29) is 6.03 Å². The standard InChI is InChI=1S/C16H25N3O/c1-2-17-12-13-8-6-7-11-15(13)19-16(20)18-14-9-4-3-5-10-14/h6-8,11,14,17H,2-5,9-10,12H2,1H3,(H2,18,19,20). The van der Waals surface area contributed by atoms with Crippen molar-refractivity contribution in [2.75, 3.05) is 11.9 Å². The normalized spacial score (nSPS) is 15.8. The zero-order valence-corrected chi connectivity index (χ0v) is 12.2. The molecule has 3 N–H and O–H groups in total. The van der Waals surface area contributed by atoms with Gasteiger partial charge in [-0.2, -0.15) is 0 Å². The van der Waals surface area contributed by atoms with Crippen LogP contribution in [0.4, 0.5) is 10.5 Å². The summed E-state index contributed by atoms with van der Waals surface area (Å²) in [5, 5.41) is 9.34. The first-order valence-corrected chi connectivity index (χ1v) is 7.65. The summed E-state index contributed by atoms with van der Waals surface area (Å²) in [6, 6.07) is 8.19. The fourth-order valence-electron chi connectivity index (χ4n) is 2.65. The molecule has 0 aromatic heterocycles. The van der Waals surface area contributed by atoms with Gasteiger partial charge in [0.15, 0.2) is 0 Å². The minimum atomic E-state index is -0.0825. The van der Waals surface area contributed by atoms with E-state index in [4.69, 9.17) is 0 Å². The fraction of sp³-hybridized carbons (Fsp3) is 0.562. The van der Waals surface area contributed by atoms with Gasteiger partial charge in [-0.25, -0.2) is 4.79 Å². The summed E-state index contributed by atoms with van der Waals surface area (Å²) in [5.41, 5.74) is 2.01. The van der Waals surface area contributed by atoms with Crippen molar-refractivity contribution in [2.24, 2.45) is 0 Å². The van der Waals surface area contributed by atoms with Crippen LogP contribution in [0.5, 0.6) is 0 Å². The summed E-state index contributed by atoms with van der Waals surface area (Å²) < 4.78 is 0. The lowest BCUT2D eigenvalue weighted by Crippen LogP contribution is -2.39. The number of anilines is 1. The number of urea groups is 1. The lowest BCUT2D eigenvalue weighted by molar-refractivity contribution is 0.244. The van der Waals surface area contributed by atoms with Gasteiger partial charge in [-0.05, 0) is 31.0 Å². The third-order valence-electron chi connectivity index (χ3n) is 3.77. The molecule has 0 bridgehead atoms. The van der Waals surface area contributed by atoms with Crippen LogP contribution in [0, 0.1) is 0 Å². The lowest BCUT2D eigenvalue weighted by atomic mass is 9.96. The number of rotatable bonds is 5. The molecule has 4 heteroatoms. The van der Waals surface area contributed by atoms with Gasteiger partial charge in [0, 0.05) is 18.3 Å². The van der Waals surface area contributed by atoms with Crippen LogP contribution >= 0.6 is 0 Å². The molecule has 0 aliphatic heterocycles. The summed E-state index contributed by atoms with van der Waals surface area (Å²) in [4.78, 5) is 12.1. The molecule has 0 atom stereocenters. The largest absolute Gasteiger partial charge is 0.335 e. The summed E-state index contributed by atoms with van der Waals surface area (Å²) in [7, 11) is 0. The molecule has 4 nitrogen and oxygen atoms in total. The fourth-order valence-corrected chi connectivity index (χ4v) is 2.65. The van der Waals surface area contributed by atoms with E-state index in [9.17, 15) is 4.79 Å². The van der Waals surface area contributed by atoms with Gasteiger partial charge < -0.3 is 16.0 Å². The predicted octanol–water partition coefficient (Wildman–Crippen LogP) is 3.25. The molecule has 0 heterocycles. The van der Waals surface area contributed by atoms with Crippen LogP contribution in [0.1, 0.15) is 44.6 Å². The maximum Gasteiger partial charge on any atom is 0.319 e. The third kappa shape index (κ3) is 4.53. The van der Waals surface area contributed by atoms with Crippen LogP contribution in [0.25, 0.3) is 0 Å². The zero-order valence-electron chi connectivity index (χ0n) is 12.2. The first-order chi connectivity index (χ1) is 9.79. The van der Waals surface area contributed by atoms with Crippen molar-refractivity contribution in [2.45, 2.75) is 51.6 Å². The molecule has 110 valence electrons. The summed E-state index contributed by atoms with van der Waals surface area (Å²) >= 11 is 0. The number of carbonyl (C=O) groups is 1. The number of amides is 2. The van der Waals surface area contributed by atoms with Crippen molar-refractivity contribution in [1.29, 1.82) is 0 Å². The average Bonchev–Trinajstić information content (AvgIpc) is 2.47. The molecule has 0 radical (unpaired) electrons. The van der Waals surface area contributed by atoms with E-state index in [1.165, 1.54) is 19.3 Å². The zero-order chi connectivity index (χ0) is 14.2. The maximum atomic E-state index is 12.1. The minimum Gasteiger partial charge on any atom is -0.335 e. The average molecular weight is 275 g/mol. The van der Waals surface area contributed by atoms with Crippen molar-refractivity contribution in [3.8, 4) is 0 Å². The Balaban J connectivity index is 1.89. The molecule has 0 spiro atoms. The molecule has 2 amide bonds. The Morgan fingerprint density at radius 3 is 2.70 bits per heavy atom. The Bertz CT molecular complexity index is 427. The first kappa shape index (κ1) is 14.9. The van der Waals surface area contributed by atoms with E-state index in [0.717, 1.165) is 37.2 Å². The number of carbonyl (C=O) groups excluding carboxylic acids is 1. The van der Waals surface area contributed by atoms with E-state index in [1.54, 1.807) is 0 Å². The quantitative estimate of drug-likeness (QED) is 0.772. The molecule has 1 aromatic rings. The van der Waals surface area contributed by atoms with Crippen LogP contribution in [0.3, 0.4) is 0 Å². The van der Waals surface area contributed by atoms with E-state index < -0.39 is 0 Å². The topological polar surface area (TPSA) is 53.2 Å². The molecule has 0 unspecified atom stereocenters. The number of para-hydroxylation sites is 1. The Labute approximate surface area is 121 Å². The molecule has 1 fully saturated rings. The van der Waals surface area contributed by atoms with Gasteiger partial charge >= 0.3 is 6.03 Å². The van der Waals surface area contributed by atoms with Crippen molar-refractivity contribution >= 4 is 11.7 Å². The van der Waals surface area contributed by atoms with Crippen LogP contribution in [-0.4, -0.2) is 18.6 Å². The molecular weight excluding hydrogens is 250 g/mol. The highest BCUT2D eigenvalue weighted by atomic mass is 16.2. The molecule has 0 saturated heterocycles. The number of nitrogens with one attached hydrogen (secondary N) is 3. The Hall–Kier alpha value is -1.55. The highest BCUT2D eigenvalue weighted by Crippen LogP contribution is 2.18. The van der Waals surface area contributed by atoms with Crippen molar-refractivity contribution < 1.29 is 4.79 Å². The lowest BCUT2D eigenvalue weighted by Gasteiger charge is -2.23. The van der Waals surface area contributed by atoms with Crippen LogP contribution in [-0.2, 0) is 6.54 Å². The molecule has 1 aliphatic carbocycles. The monoisotopic (exact) mass is 275 g/mol. The van der Waals surface area contributed by atoms with E-state index >= 15 is 0 Å². The van der Waals surface area contributed by atoms with Crippen LogP contribution in [0.2, 0.25) is 0 Å². The van der Waals surface area contributed by atoms with Gasteiger partial charge in [0.2, 0.25) is 0 Å². The number of benzene rings is 1. The molecular formula is C16H25N3O. The Kier molecular flexibility index (Phi) is 5.87. The van der Waals surface area contributed by atoms with Crippen LogP contribution < -0.4 is 16.0 Å². The van der Waals surface area contributed by atoms with Crippen molar-refractivity contribution in [1.82, 2.24) is 10.6 Å². The van der Waals surface area contributed by atoms with Gasteiger partial charge in [0.25, 0.3) is 0 Å².